The van der Waals surface area contributed by atoms with Crippen LogP contribution in [0.1, 0.15) is 27.9 Å². The first-order valence-corrected chi connectivity index (χ1v) is 16.8. The molecule has 5 rings (SSSR count). The SMILES string of the molecule is N[C@@H](Cc1cnc[nH]1)C(=O)N[C@@H](Cc1ccc(OCc2ccccc2)cc1)C(=O)N(C(=O)OCc1ccccc1)[C@H](C=O)COCc1ccccc1. The number of nitrogens with zero attached hydrogens (tertiary/aromatic N) is 2. The molecule has 0 saturated carbocycles. The molecule has 12 nitrogen and oxygen atoms in total. The largest absolute Gasteiger partial charge is 0.489 e. The number of carbonyl (C=O) groups is 4. The number of hydrogen-bond acceptors (Lipinski definition) is 9. The molecule has 0 spiro atoms. The monoisotopic (exact) mass is 703 g/mol. The maximum absolute atomic E-state index is 14.4. The van der Waals surface area contributed by atoms with Crippen LogP contribution in [0.25, 0.3) is 0 Å². The fourth-order valence-electron chi connectivity index (χ4n) is 5.30. The fraction of sp³-hybridized carbons (Fsp3) is 0.225. The molecule has 0 radical (unpaired) electrons. The Balaban J connectivity index is 1.37. The highest BCUT2D eigenvalue weighted by atomic mass is 16.6. The van der Waals surface area contributed by atoms with Crippen molar-refractivity contribution >= 4 is 24.2 Å². The average molecular weight is 704 g/mol. The van der Waals surface area contributed by atoms with E-state index in [0.717, 1.165) is 11.1 Å². The number of amides is 3. The van der Waals surface area contributed by atoms with Crippen LogP contribution in [0.3, 0.4) is 0 Å². The predicted molar refractivity (Wildman–Crippen MR) is 193 cm³/mol. The summed E-state index contributed by atoms with van der Waals surface area (Å²) in [5.41, 5.74) is 10.0. The van der Waals surface area contributed by atoms with Gasteiger partial charge in [-0.1, -0.05) is 103 Å². The van der Waals surface area contributed by atoms with E-state index in [4.69, 9.17) is 19.9 Å². The minimum atomic E-state index is -1.37. The van der Waals surface area contributed by atoms with Gasteiger partial charge in [0.1, 0.15) is 37.3 Å². The molecule has 1 heterocycles. The molecule has 0 fully saturated rings. The van der Waals surface area contributed by atoms with Crippen molar-refractivity contribution in [3.05, 3.63) is 156 Å². The Labute approximate surface area is 301 Å². The number of H-pyrrole nitrogens is 1. The summed E-state index contributed by atoms with van der Waals surface area (Å²) >= 11 is 0. The lowest BCUT2D eigenvalue weighted by Crippen LogP contribution is -2.58. The lowest BCUT2D eigenvalue weighted by Gasteiger charge is -2.30. The third-order valence-electron chi connectivity index (χ3n) is 8.09. The highest BCUT2D eigenvalue weighted by molar-refractivity contribution is 5.99. The van der Waals surface area contributed by atoms with E-state index in [0.29, 0.717) is 40.4 Å². The van der Waals surface area contributed by atoms with E-state index in [-0.39, 0.29) is 32.7 Å². The molecule has 0 aliphatic carbocycles. The number of hydrogen-bond donors (Lipinski definition) is 3. The first-order chi connectivity index (χ1) is 25.4. The smallest absolute Gasteiger partial charge is 0.417 e. The Bertz CT molecular complexity index is 1840. The molecule has 3 atom stereocenters. The second kappa shape index (κ2) is 19.3. The highest BCUT2D eigenvalue weighted by Crippen LogP contribution is 2.18. The van der Waals surface area contributed by atoms with Crippen LogP contribution in [0.4, 0.5) is 4.79 Å². The summed E-state index contributed by atoms with van der Waals surface area (Å²) in [5.74, 6) is -0.912. The molecule has 3 amide bonds. The van der Waals surface area contributed by atoms with Crippen molar-refractivity contribution in [2.75, 3.05) is 6.61 Å². The van der Waals surface area contributed by atoms with Crippen LogP contribution in [0.2, 0.25) is 0 Å². The summed E-state index contributed by atoms with van der Waals surface area (Å²) in [6, 6.07) is 31.2. The normalized spacial score (nSPS) is 12.6. The number of benzene rings is 4. The minimum absolute atomic E-state index is 0.0424. The minimum Gasteiger partial charge on any atom is -0.489 e. The van der Waals surface area contributed by atoms with Crippen molar-refractivity contribution in [1.82, 2.24) is 20.2 Å². The van der Waals surface area contributed by atoms with Crippen LogP contribution >= 0.6 is 0 Å². The Morgan fingerprint density at radius 1 is 0.769 bits per heavy atom. The maximum atomic E-state index is 14.4. The fourth-order valence-corrected chi connectivity index (χ4v) is 5.30. The first-order valence-electron chi connectivity index (χ1n) is 16.8. The van der Waals surface area contributed by atoms with Gasteiger partial charge in [0, 0.05) is 24.7 Å². The number of imide groups is 1. The average Bonchev–Trinajstić information content (AvgIpc) is 3.70. The standard InChI is InChI=1S/C40H41N5O7/c41-36(21-33-22-42-28-43-33)38(47)44-37(20-29-16-18-35(19-17-29)51-25-31-12-6-2-7-13-31)39(48)45(40(49)52-26-32-14-8-3-9-15-32)34(23-46)27-50-24-30-10-4-1-5-11-30/h1-19,22-23,28,34,36-37H,20-21,24-27,41H2,(H,42,43)(H,44,47)/t34-,36+,37+/m1/s1. The van der Waals surface area contributed by atoms with Gasteiger partial charge in [0.05, 0.1) is 25.6 Å². The Morgan fingerprint density at radius 2 is 1.37 bits per heavy atom. The molecule has 5 aromatic rings. The molecule has 4 N–H and O–H groups in total. The Morgan fingerprint density at radius 3 is 1.94 bits per heavy atom. The quantitative estimate of drug-likeness (QED) is 0.111. The maximum Gasteiger partial charge on any atom is 0.417 e. The van der Waals surface area contributed by atoms with Gasteiger partial charge in [0.15, 0.2) is 0 Å². The molecule has 4 aromatic carbocycles. The third-order valence-corrected chi connectivity index (χ3v) is 8.09. The Hall–Kier alpha value is -6.11. The molecular formula is C40H41N5O7. The summed E-state index contributed by atoms with van der Waals surface area (Å²) in [7, 11) is 0. The number of rotatable bonds is 18. The molecule has 12 heteroatoms. The number of aromatic nitrogens is 2. The first kappa shape index (κ1) is 37.2. The van der Waals surface area contributed by atoms with Gasteiger partial charge < -0.3 is 35.0 Å². The topological polar surface area (TPSA) is 166 Å². The highest BCUT2D eigenvalue weighted by Gasteiger charge is 2.37. The van der Waals surface area contributed by atoms with E-state index < -0.39 is 36.0 Å². The van der Waals surface area contributed by atoms with Crippen LogP contribution in [0.5, 0.6) is 5.75 Å². The van der Waals surface area contributed by atoms with E-state index >= 15 is 0 Å². The van der Waals surface area contributed by atoms with E-state index in [1.54, 1.807) is 54.7 Å². The number of nitrogens with two attached hydrogens (primary N) is 1. The van der Waals surface area contributed by atoms with E-state index in [1.807, 2.05) is 66.7 Å². The van der Waals surface area contributed by atoms with Crippen LogP contribution in [-0.2, 0) is 56.5 Å². The van der Waals surface area contributed by atoms with Gasteiger partial charge >= 0.3 is 6.09 Å². The summed E-state index contributed by atoms with van der Waals surface area (Å²) in [6.07, 6.45) is 2.48. The number of imidazole rings is 1. The van der Waals surface area contributed by atoms with E-state index in [1.165, 1.54) is 6.33 Å². The molecule has 268 valence electrons. The van der Waals surface area contributed by atoms with Crippen molar-refractivity contribution in [2.24, 2.45) is 5.73 Å². The van der Waals surface area contributed by atoms with Gasteiger partial charge in [0.25, 0.3) is 5.91 Å². The summed E-state index contributed by atoms with van der Waals surface area (Å²) in [5, 5.41) is 2.72. The number of nitrogens with one attached hydrogen (secondary N) is 2. The van der Waals surface area contributed by atoms with Gasteiger partial charge in [0.2, 0.25) is 5.91 Å². The molecule has 0 bridgehead atoms. The van der Waals surface area contributed by atoms with Crippen LogP contribution in [-0.4, -0.2) is 63.8 Å². The summed E-state index contributed by atoms with van der Waals surface area (Å²) in [6.45, 7) is 0.0348. The van der Waals surface area contributed by atoms with Crippen LogP contribution < -0.4 is 15.8 Å². The van der Waals surface area contributed by atoms with Crippen molar-refractivity contribution < 1.29 is 33.4 Å². The number of aldehydes is 1. The zero-order chi connectivity index (χ0) is 36.5. The van der Waals surface area contributed by atoms with Gasteiger partial charge in [-0.15, -0.1) is 0 Å². The van der Waals surface area contributed by atoms with Crippen molar-refractivity contribution in [1.29, 1.82) is 0 Å². The molecule has 0 unspecified atom stereocenters. The second-order valence-electron chi connectivity index (χ2n) is 12.0. The van der Waals surface area contributed by atoms with Gasteiger partial charge in [-0.3, -0.25) is 9.59 Å². The lowest BCUT2D eigenvalue weighted by atomic mass is 10.0. The summed E-state index contributed by atoms with van der Waals surface area (Å²) < 4.78 is 17.3. The zero-order valence-corrected chi connectivity index (χ0v) is 28.5. The number of ether oxygens (including phenoxy) is 3. The van der Waals surface area contributed by atoms with E-state index in [9.17, 15) is 19.2 Å². The molecular weight excluding hydrogens is 662 g/mol. The van der Waals surface area contributed by atoms with Gasteiger partial charge in [-0.05, 0) is 34.4 Å². The molecule has 1 aromatic heterocycles. The molecule has 0 saturated heterocycles. The van der Waals surface area contributed by atoms with E-state index in [2.05, 4.69) is 15.3 Å². The van der Waals surface area contributed by atoms with Crippen molar-refractivity contribution in [3.8, 4) is 5.75 Å². The third kappa shape index (κ3) is 11.2. The number of carbonyl (C=O) groups excluding carboxylic acids is 4. The van der Waals surface area contributed by atoms with Gasteiger partial charge in [-0.25, -0.2) is 14.7 Å². The summed E-state index contributed by atoms with van der Waals surface area (Å²) in [4.78, 5) is 61.7. The van der Waals surface area contributed by atoms with Crippen molar-refractivity contribution in [3.63, 3.8) is 0 Å². The predicted octanol–water partition coefficient (Wildman–Crippen LogP) is 4.54. The van der Waals surface area contributed by atoms with Crippen LogP contribution in [0.15, 0.2) is 128 Å². The van der Waals surface area contributed by atoms with Crippen LogP contribution in [0, 0.1) is 0 Å². The Kier molecular flexibility index (Phi) is 13.8. The number of aromatic amines is 1. The molecule has 52 heavy (non-hydrogen) atoms. The van der Waals surface area contributed by atoms with Crippen molar-refractivity contribution in [2.45, 2.75) is 50.8 Å². The lowest BCUT2D eigenvalue weighted by molar-refractivity contribution is -0.140. The molecule has 0 aliphatic heterocycles. The van der Waals surface area contributed by atoms with Gasteiger partial charge in [-0.2, -0.15) is 0 Å². The second-order valence-corrected chi connectivity index (χ2v) is 12.0. The molecule has 0 aliphatic rings. The zero-order valence-electron chi connectivity index (χ0n) is 28.5.